The topological polar surface area (TPSA) is 21.3 Å². The van der Waals surface area contributed by atoms with Crippen LogP contribution in [0.2, 0.25) is 0 Å². The van der Waals surface area contributed by atoms with E-state index >= 15 is 0 Å². The molecule has 112 valence electrons. The number of hydrogen-bond donors (Lipinski definition) is 1. The first-order valence-corrected chi connectivity index (χ1v) is 7.45. The third-order valence-corrected chi connectivity index (χ3v) is 3.46. The molecule has 0 aliphatic carbocycles. The van der Waals surface area contributed by atoms with Crippen molar-refractivity contribution in [2.75, 3.05) is 6.54 Å². The summed E-state index contributed by atoms with van der Waals surface area (Å²) in [6, 6.07) is 9.27. The van der Waals surface area contributed by atoms with Gasteiger partial charge in [0.25, 0.3) is 0 Å². The molecule has 0 atom stereocenters. The lowest BCUT2D eigenvalue weighted by molar-refractivity contribution is 0.284. The van der Waals surface area contributed by atoms with Gasteiger partial charge in [-0.25, -0.2) is 8.78 Å². The zero-order valence-corrected chi connectivity index (χ0v) is 13.2. The molecule has 0 saturated heterocycles. The van der Waals surface area contributed by atoms with Crippen molar-refractivity contribution in [1.29, 1.82) is 0 Å². The fourth-order valence-corrected chi connectivity index (χ4v) is 2.20. The second-order valence-corrected chi connectivity index (χ2v) is 5.49. The number of ether oxygens (including phenoxy) is 1. The van der Waals surface area contributed by atoms with E-state index in [1.165, 1.54) is 18.2 Å². The van der Waals surface area contributed by atoms with Gasteiger partial charge in [-0.1, -0.05) is 28.9 Å². The van der Waals surface area contributed by atoms with Crippen LogP contribution in [0, 0.1) is 11.6 Å². The van der Waals surface area contributed by atoms with Gasteiger partial charge in [-0.2, -0.15) is 0 Å². The smallest absolute Gasteiger partial charge is 0.165 e. The van der Waals surface area contributed by atoms with E-state index in [2.05, 4.69) is 21.2 Å². The van der Waals surface area contributed by atoms with E-state index in [1.807, 2.05) is 6.92 Å². The van der Waals surface area contributed by atoms with Crippen LogP contribution in [0.15, 0.2) is 40.9 Å². The van der Waals surface area contributed by atoms with E-state index < -0.39 is 5.82 Å². The Morgan fingerprint density at radius 2 is 1.86 bits per heavy atom. The maximum absolute atomic E-state index is 13.8. The molecule has 2 nitrogen and oxygen atoms in total. The van der Waals surface area contributed by atoms with Crippen molar-refractivity contribution < 1.29 is 13.5 Å². The summed E-state index contributed by atoms with van der Waals surface area (Å²) in [4.78, 5) is 0. The van der Waals surface area contributed by atoms with E-state index in [0.717, 1.165) is 12.1 Å². The number of rotatable bonds is 6. The molecule has 5 heteroatoms. The highest BCUT2D eigenvalue weighted by Gasteiger charge is 2.08. The molecule has 0 fully saturated rings. The first-order valence-electron chi connectivity index (χ1n) is 6.66. The highest BCUT2D eigenvalue weighted by atomic mass is 79.9. The summed E-state index contributed by atoms with van der Waals surface area (Å²) in [6.07, 6.45) is 0. The van der Waals surface area contributed by atoms with Gasteiger partial charge >= 0.3 is 0 Å². The third-order valence-electron chi connectivity index (χ3n) is 2.97. The van der Waals surface area contributed by atoms with Crippen molar-refractivity contribution in [3.8, 4) is 5.75 Å². The molecule has 1 N–H and O–H groups in total. The van der Waals surface area contributed by atoms with Gasteiger partial charge in [0, 0.05) is 16.6 Å². The number of benzene rings is 2. The van der Waals surface area contributed by atoms with Gasteiger partial charge in [-0.05, 0) is 42.4 Å². The molecule has 0 aromatic heterocycles. The molecule has 21 heavy (non-hydrogen) atoms. The Morgan fingerprint density at radius 1 is 1.10 bits per heavy atom. The number of nitrogens with one attached hydrogen (secondary N) is 1. The first kappa shape index (κ1) is 15.9. The van der Waals surface area contributed by atoms with Gasteiger partial charge in [0.05, 0.1) is 0 Å². The molecule has 0 saturated carbocycles. The summed E-state index contributed by atoms with van der Waals surface area (Å²) in [5.41, 5.74) is 1.37. The summed E-state index contributed by atoms with van der Waals surface area (Å²) in [7, 11) is 0. The average Bonchev–Trinajstić information content (AvgIpc) is 2.48. The van der Waals surface area contributed by atoms with Crippen LogP contribution in [0.25, 0.3) is 0 Å². The zero-order valence-electron chi connectivity index (χ0n) is 11.6. The predicted molar refractivity (Wildman–Crippen MR) is 82.2 cm³/mol. The van der Waals surface area contributed by atoms with Crippen molar-refractivity contribution >= 4 is 15.9 Å². The van der Waals surface area contributed by atoms with Crippen molar-refractivity contribution in [2.45, 2.75) is 20.1 Å². The van der Waals surface area contributed by atoms with Crippen molar-refractivity contribution in [1.82, 2.24) is 5.32 Å². The van der Waals surface area contributed by atoms with E-state index in [1.54, 1.807) is 18.2 Å². The molecule has 0 aliphatic heterocycles. The minimum atomic E-state index is -0.470. The number of halogens is 3. The summed E-state index contributed by atoms with van der Waals surface area (Å²) >= 11 is 3.25. The van der Waals surface area contributed by atoms with Gasteiger partial charge in [-0.15, -0.1) is 0 Å². The fraction of sp³-hybridized carbons (Fsp3) is 0.250. The van der Waals surface area contributed by atoms with Crippen LogP contribution < -0.4 is 10.1 Å². The van der Waals surface area contributed by atoms with Gasteiger partial charge in [0.1, 0.15) is 12.4 Å². The normalized spacial score (nSPS) is 10.7. The quantitative estimate of drug-likeness (QED) is 0.828. The molecular weight excluding hydrogens is 340 g/mol. The molecule has 0 heterocycles. The molecular formula is C16H16BrF2NO. The molecule has 0 radical (unpaired) electrons. The van der Waals surface area contributed by atoms with Crippen LogP contribution in [0.3, 0.4) is 0 Å². The van der Waals surface area contributed by atoms with Crippen LogP contribution in [0.4, 0.5) is 8.78 Å². The van der Waals surface area contributed by atoms with E-state index in [0.29, 0.717) is 16.6 Å². The van der Waals surface area contributed by atoms with Gasteiger partial charge in [-0.3, -0.25) is 0 Å². The molecule has 0 bridgehead atoms. The van der Waals surface area contributed by atoms with E-state index in [-0.39, 0.29) is 18.2 Å². The minimum Gasteiger partial charge on any atom is -0.486 e. The summed E-state index contributed by atoms with van der Waals surface area (Å²) in [5.74, 6) is -0.728. The predicted octanol–water partition coefficient (Wildman–Crippen LogP) is 4.42. The Balaban J connectivity index is 2.10. The average molecular weight is 356 g/mol. The summed E-state index contributed by atoms with van der Waals surface area (Å²) < 4.78 is 33.4. The molecule has 0 unspecified atom stereocenters. The summed E-state index contributed by atoms with van der Waals surface area (Å²) in [6.45, 7) is 3.49. The standard InChI is InChI=1S/C16H16BrF2NO/c1-2-20-9-11-3-5-14(18)12(7-11)10-21-16-8-13(17)4-6-15(16)19/h3-8,20H,2,9-10H2,1H3. The maximum atomic E-state index is 13.8. The fourth-order valence-electron chi connectivity index (χ4n) is 1.86. The Labute approximate surface area is 131 Å². The first-order chi connectivity index (χ1) is 10.1. The highest BCUT2D eigenvalue weighted by molar-refractivity contribution is 9.10. The van der Waals surface area contributed by atoms with Crippen LogP contribution in [0.5, 0.6) is 5.75 Å². The Morgan fingerprint density at radius 3 is 2.62 bits per heavy atom. The molecule has 2 aromatic rings. The monoisotopic (exact) mass is 355 g/mol. The molecule has 2 aromatic carbocycles. The van der Waals surface area contributed by atoms with Crippen molar-refractivity contribution in [3.63, 3.8) is 0 Å². The minimum absolute atomic E-state index is 0.0147. The van der Waals surface area contributed by atoms with Crippen LogP contribution in [0.1, 0.15) is 18.1 Å². The molecule has 0 spiro atoms. The third kappa shape index (κ3) is 4.51. The lowest BCUT2D eigenvalue weighted by Gasteiger charge is -2.10. The van der Waals surface area contributed by atoms with Crippen molar-refractivity contribution in [2.24, 2.45) is 0 Å². The van der Waals surface area contributed by atoms with Gasteiger partial charge in [0.2, 0.25) is 0 Å². The largest absolute Gasteiger partial charge is 0.486 e. The lowest BCUT2D eigenvalue weighted by Crippen LogP contribution is -2.12. The zero-order chi connectivity index (χ0) is 15.2. The second-order valence-electron chi connectivity index (χ2n) is 4.57. The lowest BCUT2D eigenvalue weighted by atomic mass is 10.1. The Bertz CT molecular complexity index is 619. The van der Waals surface area contributed by atoms with E-state index in [9.17, 15) is 8.78 Å². The molecule has 0 amide bonds. The number of hydrogen-bond acceptors (Lipinski definition) is 2. The Hall–Kier alpha value is -1.46. The summed E-state index contributed by atoms with van der Waals surface area (Å²) in [5, 5.41) is 3.17. The van der Waals surface area contributed by atoms with Gasteiger partial charge < -0.3 is 10.1 Å². The van der Waals surface area contributed by atoms with Gasteiger partial charge in [0.15, 0.2) is 11.6 Å². The van der Waals surface area contributed by atoms with E-state index in [4.69, 9.17) is 4.74 Å². The maximum Gasteiger partial charge on any atom is 0.165 e. The highest BCUT2D eigenvalue weighted by Crippen LogP contribution is 2.23. The second kappa shape index (κ2) is 7.52. The van der Waals surface area contributed by atoms with Crippen LogP contribution in [-0.4, -0.2) is 6.54 Å². The van der Waals surface area contributed by atoms with Crippen molar-refractivity contribution in [3.05, 3.63) is 63.6 Å². The van der Waals surface area contributed by atoms with Crippen LogP contribution in [-0.2, 0) is 13.2 Å². The Kier molecular flexibility index (Phi) is 5.70. The molecule has 2 rings (SSSR count). The van der Waals surface area contributed by atoms with Crippen LogP contribution >= 0.6 is 15.9 Å². The SMILES string of the molecule is CCNCc1ccc(F)c(COc2cc(Br)ccc2F)c1. The molecule has 0 aliphatic rings.